The Labute approximate surface area is 505 Å². The van der Waals surface area contributed by atoms with Crippen molar-refractivity contribution in [2.75, 3.05) is 52.9 Å². The molecule has 5 aliphatic heterocycles. The molecule has 0 amide bonds. The SMILES string of the molecule is CCCCOC1CCC(OCCCC)C2C3[N-]C(NC4NC(NC5[N-]C(NC6NC(N3)C3C(OCCCC)CCC(OCCCC)C63)C3C(OCCCC)CCC(OCCCC)C53)C3C(OCCCC)CCC(OCCCC)C43)C12.[Zn+2]. The van der Waals surface area contributed by atoms with Crippen molar-refractivity contribution in [3.63, 3.8) is 0 Å². The van der Waals surface area contributed by atoms with Crippen molar-refractivity contribution in [3.8, 4) is 0 Å². The van der Waals surface area contributed by atoms with Gasteiger partial charge in [-0.05, 0) is 126 Å². The van der Waals surface area contributed by atoms with E-state index in [4.69, 9.17) is 48.5 Å². The van der Waals surface area contributed by atoms with E-state index in [1.165, 1.54) is 0 Å². The third-order valence-electron chi connectivity index (χ3n) is 20.6. The predicted octanol–water partition coefficient (Wildman–Crippen LogP) is 10.5. The van der Waals surface area contributed by atoms with Gasteiger partial charge in [0.05, 0.1) is 73.5 Å². The van der Waals surface area contributed by atoms with Crippen LogP contribution in [0.25, 0.3) is 10.6 Å². The van der Waals surface area contributed by atoms with E-state index >= 15 is 0 Å². The fourth-order valence-corrected chi connectivity index (χ4v) is 16.4. The molecule has 0 radical (unpaired) electrons. The molecular weight excluding hydrogens is 1070 g/mol. The zero-order chi connectivity index (χ0) is 55.8. The van der Waals surface area contributed by atoms with E-state index in [1.54, 1.807) is 0 Å². The molecule has 5 saturated heterocycles. The molecule has 24 unspecified atom stereocenters. The minimum Gasteiger partial charge on any atom is -0.631 e. The molecule has 0 aromatic carbocycles. The van der Waals surface area contributed by atoms with Gasteiger partial charge in [0.1, 0.15) is 0 Å². The molecule has 9 rings (SSSR count). The van der Waals surface area contributed by atoms with Gasteiger partial charge in [0.25, 0.3) is 0 Å². The van der Waals surface area contributed by atoms with Crippen LogP contribution < -0.4 is 31.9 Å². The molecule has 4 aliphatic carbocycles. The Morgan fingerprint density at radius 2 is 0.407 bits per heavy atom. The Morgan fingerprint density at radius 3 is 0.568 bits per heavy atom. The van der Waals surface area contributed by atoms with Crippen molar-refractivity contribution >= 4 is 0 Å². The van der Waals surface area contributed by atoms with Crippen LogP contribution in [0.4, 0.5) is 0 Å². The number of hydrogen-bond donors (Lipinski definition) is 6. The number of nitrogens with one attached hydrogen (secondary N) is 6. The predicted molar refractivity (Wildman–Crippen MR) is 318 cm³/mol. The van der Waals surface area contributed by atoms with Crippen LogP contribution in [0, 0.1) is 47.3 Å². The van der Waals surface area contributed by atoms with Crippen molar-refractivity contribution in [1.82, 2.24) is 31.9 Å². The normalized spacial score (nSPS) is 41.8. The summed E-state index contributed by atoms with van der Waals surface area (Å²) in [5.41, 5.74) is 0. The molecule has 6 N–H and O–H groups in total. The maximum atomic E-state index is 7.13. The van der Waals surface area contributed by atoms with Gasteiger partial charge in [0.15, 0.2) is 0 Å². The second-order valence-corrected chi connectivity index (χ2v) is 26.0. The standard InChI is InChI=1S/C64H118N8O8.Zn/c1-9-17-33-73-41-25-26-42(74-34-18-10-2)50-49(41)57-65-58(50)70-60-53-45(77-37-21-13-5)29-30-46(78-38-22-14-6)54(53)62(67-60)72-64-56-48(80-40-24-16-8)32-31-47(79-39-23-15-7)55(56)63(68-64)71-61-52-44(76-36-20-12-4)28-27-43(75-35-19-11-3)51(52)59(66-61)69-57;/h41-65,68-72H,9-40H2,1-8H3;/q-2;+2. The van der Waals surface area contributed by atoms with Crippen LogP contribution in [0.5, 0.6) is 0 Å². The van der Waals surface area contributed by atoms with Crippen LogP contribution in [0.2, 0.25) is 0 Å². The van der Waals surface area contributed by atoms with E-state index in [2.05, 4.69) is 87.3 Å². The second kappa shape index (κ2) is 34.7. The Morgan fingerprint density at radius 1 is 0.247 bits per heavy atom. The van der Waals surface area contributed by atoms with E-state index in [-0.39, 0.29) is 165 Å². The van der Waals surface area contributed by atoms with Gasteiger partial charge in [-0.3, -0.25) is 10.6 Å². The van der Waals surface area contributed by atoms with Gasteiger partial charge >= 0.3 is 19.5 Å². The first-order valence-corrected chi connectivity index (χ1v) is 34.3. The average Bonchev–Trinajstić information content (AvgIpc) is 4.36. The number of rotatable bonds is 32. The Bertz CT molecular complexity index is 1390. The molecule has 464 valence electrons. The van der Waals surface area contributed by atoms with Gasteiger partial charge < -0.3 is 69.8 Å². The van der Waals surface area contributed by atoms with Gasteiger partial charge in [0.2, 0.25) is 0 Å². The summed E-state index contributed by atoms with van der Waals surface area (Å²) in [6.07, 6.45) is 24.3. The second-order valence-electron chi connectivity index (χ2n) is 26.0. The summed E-state index contributed by atoms with van der Waals surface area (Å²) in [6, 6.07) is 0. The van der Waals surface area contributed by atoms with E-state index < -0.39 is 0 Å². The Balaban J connectivity index is 0.00000860. The molecular formula is C64H118N8O8Zn. The van der Waals surface area contributed by atoms with Gasteiger partial charge in [-0.2, -0.15) is 0 Å². The smallest absolute Gasteiger partial charge is 0.631 e. The Hall–Kier alpha value is -0.0166. The molecule has 0 aromatic heterocycles. The molecule has 5 heterocycles. The van der Waals surface area contributed by atoms with Crippen LogP contribution in [0.15, 0.2) is 0 Å². The molecule has 81 heavy (non-hydrogen) atoms. The molecule has 0 aromatic rings. The minimum absolute atomic E-state index is 0. The van der Waals surface area contributed by atoms with Crippen LogP contribution in [-0.2, 0) is 57.4 Å². The number of nitrogens with zero attached hydrogens (tertiary/aromatic N) is 2. The first-order valence-electron chi connectivity index (χ1n) is 34.3. The summed E-state index contributed by atoms with van der Waals surface area (Å²) in [5.74, 6) is 0.935. The summed E-state index contributed by atoms with van der Waals surface area (Å²) in [6.45, 7) is 24.3. The molecule has 16 nitrogen and oxygen atoms in total. The average molecular weight is 1190 g/mol. The topological polar surface area (TPSA) is 174 Å². The Kier molecular flexibility index (Phi) is 28.6. The van der Waals surface area contributed by atoms with Crippen molar-refractivity contribution in [2.24, 2.45) is 47.3 Å². The third kappa shape index (κ3) is 16.4. The number of unbranched alkanes of at least 4 members (excludes halogenated alkanes) is 8. The van der Waals surface area contributed by atoms with Crippen LogP contribution in [0.3, 0.4) is 0 Å². The number of hydrogen-bond acceptors (Lipinski definition) is 14. The minimum atomic E-state index is -0.191. The summed E-state index contributed by atoms with van der Waals surface area (Å²) in [7, 11) is 0. The monoisotopic (exact) mass is 1190 g/mol. The van der Waals surface area contributed by atoms with Crippen LogP contribution >= 0.6 is 0 Å². The third-order valence-corrected chi connectivity index (χ3v) is 20.6. The molecule has 9 fully saturated rings. The van der Waals surface area contributed by atoms with Gasteiger partial charge in [-0.25, -0.2) is 0 Å². The zero-order valence-corrected chi connectivity index (χ0v) is 55.3. The van der Waals surface area contributed by atoms with Gasteiger partial charge in [-0.1, -0.05) is 131 Å². The fraction of sp³-hybridized carbons (Fsp3) is 1.00. The molecule has 0 spiro atoms. The van der Waals surface area contributed by atoms with E-state index in [9.17, 15) is 0 Å². The number of fused-ring (bicyclic) bond motifs is 20. The quantitative estimate of drug-likeness (QED) is 0.0277. The van der Waals surface area contributed by atoms with Crippen LogP contribution in [-0.4, -0.2) is 151 Å². The largest absolute Gasteiger partial charge is 2.00 e. The van der Waals surface area contributed by atoms with Crippen LogP contribution in [0.1, 0.15) is 209 Å². The van der Waals surface area contributed by atoms with E-state index in [1.807, 2.05) is 0 Å². The maximum absolute atomic E-state index is 7.13. The first-order chi connectivity index (χ1) is 39.4. The summed E-state index contributed by atoms with van der Waals surface area (Å²) in [5, 5.41) is 38.5. The summed E-state index contributed by atoms with van der Waals surface area (Å²) >= 11 is 0. The summed E-state index contributed by atoms with van der Waals surface area (Å²) in [4.78, 5) is 0. The van der Waals surface area contributed by atoms with Gasteiger partial charge in [-0.15, -0.1) is 0 Å². The summed E-state index contributed by atoms with van der Waals surface area (Å²) < 4.78 is 57.0. The number of ether oxygens (including phenoxy) is 8. The van der Waals surface area contributed by atoms with Crippen molar-refractivity contribution < 1.29 is 57.4 Å². The van der Waals surface area contributed by atoms with Crippen molar-refractivity contribution in [2.45, 2.75) is 308 Å². The molecule has 8 bridgehead atoms. The first kappa shape index (κ1) is 66.9. The van der Waals surface area contributed by atoms with E-state index in [0.29, 0.717) is 0 Å². The van der Waals surface area contributed by atoms with E-state index in [0.717, 1.165) is 207 Å². The molecule has 24 atom stereocenters. The van der Waals surface area contributed by atoms with Crippen molar-refractivity contribution in [3.05, 3.63) is 10.6 Å². The maximum Gasteiger partial charge on any atom is 2.00 e. The molecule has 17 heteroatoms. The van der Waals surface area contributed by atoms with Crippen molar-refractivity contribution in [1.29, 1.82) is 0 Å². The van der Waals surface area contributed by atoms with Gasteiger partial charge in [0, 0.05) is 76.5 Å². The molecule has 9 aliphatic rings. The molecule has 4 saturated carbocycles. The zero-order valence-electron chi connectivity index (χ0n) is 52.4. The fourth-order valence-electron chi connectivity index (χ4n) is 16.4.